The molecule has 0 radical (unpaired) electrons. The molecule has 0 aliphatic rings. The van der Waals surface area contributed by atoms with E-state index in [1.807, 2.05) is 13.8 Å². The zero-order valence-electron chi connectivity index (χ0n) is 12.6. The van der Waals surface area contributed by atoms with Crippen molar-refractivity contribution in [2.75, 3.05) is 32.7 Å². The Bertz CT molecular complexity index is 215. The van der Waals surface area contributed by atoms with E-state index >= 15 is 0 Å². The van der Waals surface area contributed by atoms with Crippen LogP contribution in [0, 0.1) is 5.41 Å². The second-order valence-corrected chi connectivity index (χ2v) is 4.83. The fraction of sp³-hybridized carbons (Fsp3) is 0.929. The zero-order valence-corrected chi connectivity index (χ0v) is 12.6. The molecule has 4 nitrogen and oxygen atoms in total. The van der Waals surface area contributed by atoms with Gasteiger partial charge in [0.15, 0.2) is 0 Å². The molecular weight excluding hydrogens is 226 g/mol. The number of carbonyl (C=O) groups is 1. The molecule has 0 saturated heterocycles. The third kappa shape index (κ3) is 4.94. The van der Waals surface area contributed by atoms with E-state index in [4.69, 9.17) is 5.73 Å². The highest BCUT2D eigenvalue weighted by molar-refractivity contribution is 5.82. The first-order valence-electron chi connectivity index (χ1n) is 7.30. The lowest BCUT2D eigenvalue weighted by atomic mass is 9.81. The van der Waals surface area contributed by atoms with Gasteiger partial charge in [-0.3, -0.25) is 4.79 Å². The van der Waals surface area contributed by atoms with Gasteiger partial charge in [-0.05, 0) is 38.9 Å². The molecule has 0 rings (SSSR count). The van der Waals surface area contributed by atoms with E-state index in [1.54, 1.807) is 0 Å². The van der Waals surface area contributed by atoms with Crippen LogP contribution in [-0.2, 0) is 4.79 Å². The summed E-state index contributed by atoms with van der Waals surface area (Å²) in [5.74, 6) is 0.120. The van der Waals surface area contributed by atoms with Crippen LogP contribution in [0.3, 0.4) is 0 Å². The van der Waals surface area contributed by atoms with Gasteiger partial charge in [0.05, 0.1) is 5.41 Å². The third-order valence-corrected chi connectivity index (χ3v) is 4.06. The van der Waals surface area contributed by atoms with E-state index in [0.29, 0.717) is 6.54 Å². The van der Waals surface area contributed by atoms with Crippen LogP contribution < -0.4 is 11.1 Å². The van der Waals surface area contributed by atoms with Crippen molar-refractivity contribution in [2.24, 2.45) is 11.1 Å². The van der Waals surface area contributed by atoms with Crippen LogP contribution in [0.15, 0.2) is 0 Å². The highest BCUT2D eigenvalue weighted by Crippen LogP contribution is 2.24. The maximum Gasteiger partial charge on any atom is 0.227 e. The van der Waals surface area contributed by atoms with Gasteiger partial charge in [-0.2, -0.15) is 0 Å². The van der Waals surface area contributed by atoms with Crippen molar-refractivity contribution in [1.82, 2.24) is 10.2 Å². The normalized spacial score (nSPS) is 11.9. The molecule has 0 aromatic carbocycles. The molecule has 18 heavy (non-hydrogen) atoms. The van der Waals surface area contributed by atoms with Gasteiger partial charge in [-0.15, -0.1) is 0 Å². The summed E-state index contributed by atoms with van der Waals surface area (Å²) < 4.78 is 0. The van der Waals surface area contributed by atoms with Gasteiger partial charge >= 0.3 is 0 Å². The van der Waals surface area contributed by atoms with Gasteiger partial charge in [0.25, 0.3) is 0 Å². The quantitative estimate of drug-likeness (QED) is 0.584. The molecule has 0 aromatic rings. The SMILES string of the molecule is CCN(CC)CCCNC(=O)C(CC)(CC)CN. The molecule has 3 N–H and O–H groups in total. The van der Waals surface area contributed by atoms with E-state index in [0.717, 1.165) is 45.4 Å². The Kier molecular flexibility index (Phi) is 9.02. The molecule has 0 bridgehead atoms. The first-order valence-corrected chi connectivity index (χ1v) is 7.30. The van der Waals surface area contributed by atoms with Crippen LogP contribution in [0.2, 0.25) is 0 Å². The maximum atomic E-state index is 12.1. The average Bonchev–Trinajstić information content (AvgIpc) is 2.41. The van der Waals surface area contributed by atoms with Crippen molar-refractivity contribution < 1.29 is 4.79 Å². The number of hydrogen-bond donors (Lipinski definition) is 2. The molecular formula is C14H31N3O. The first kappa shape index (κ1) is 17.4. The number of hydrogen-bond acceptors (Lipinski definition) is 3. The molecule has 0 atom stereocenters. The number of rotatable bonds is 10. The van der Waals surface area contributed by atoms with Crippen LogP contribution in [-0.4, -0.2) is 43.5 Å². The van der Waals surface area contributed by atoms with Gasteiger partial charge in [0, 0.05) is 13.1 Å². The summed E-state index contributed by atoms with van der Waals surface area (Å²) in [7, 11) is 0. The summed E-state index contributed by atoms with van der Waals surface area (Å²) in [6.45, 7) is 12.8. The molecule has 4 heteroatoms. The second-order valence-electron chi connectivity index (χ2n) is 4.83. The minimum absolute atomic E-state index is 0.120. The Hall–Kier alpha value is -0.610. The first-order chi connectivity index (χ1) is 8.60. The van der Waals surface area contributed by atoms with Crippen molar-refractivity contribution >= 4 is 5.91 Å². The Morgan fingerprint density at radius 2 is 1.72 bits per heavy atom. The Balaban J connectivity index is 4.02. The molecule has 0 heterocycles. The van der Waals surface area contributed by atoms with Gasteiger partial charge in [0.2, 0.25) is 5.91 Å². The van der Waals surface area contributed by atoms with Gasteiger partial charge in [-0.1, -0.05) is 27.7 Å². The van der Waals surface area contributed by atoms with Crippen LogP contribution in [0.1, 0.15) is 47.0 Å². The van der Waals surface area contributed by atoms with Gasteiger partial charge < -0.3 is 16.0 Å². The zero-order chi connectivity index (χ0) is 14.0. The molecule has 0 fully saturated rings. The van der Waals surface area contributed by atoms with E-state index in [1.165, 1.54) is 0 Å². The fourth-order valence-corrected chi connectivity index (χ4v) is 2.18. The minimum Gasteiger partial charge on any atom is -0.356 e. The molecule has 1 amide bonds. The molecule has 0 aliphatic carbocycles. The Morgan fingerprint density at radius 3 is 2.11 bits per heavy atom. The van der Waals surface area contributed by atoms with Crippen LogP contribution in [0.5, 0.6) is 0 Å². The largest absolute Gasteiger partial charge is 0.356 e. The topological polar surface area (TPSA) is 58.4 Å². The number of nitrogens with zero attached hydrogens (tertiary/aromatic N) is 1. The monoisotopic (exact) mass is 257 g/mol. The average molecular weight is 257 g/mol. The predicted molar refractivity (Wildman–Crippen MR) is 77.5 cm³/mol. The molecule has 0 aromatic heterocycles. The standard InChI is InChI=1S/C14H31N3O/c1-5-14(6-2,12-15)13(18)16-10-9-11-17(7-3)8-4/h5-12,15H2,1-4H3,(H,16,18). The van der Waals surface area contributed by atoms with Gasteiger partial charge in [0.1, 0.15) is 0 Å². The lowest BCUT2D eigenvalue weighted by molar-refractivity contribution is -0.131. The maximum absolute atomic E-state index is 12.1. The highest BCUT2D eigenvalue weighted by atomic mass is 16.2. The number of nitrogens with two attached hydrogens (primary N) is 1. The fourth-order valence-electron chi connectivity index (χ4n) is 2.18. The lowest BCUT2D eigenvalue weighted by Crippen LogP contribution is -2.45. The summed E-state index contributed by atoms with van der Waals surface area (Å²) in [6.07, 6.45) is 2.62. The Morgan fingerprint density at radius 1 is 1.17 bits per heavy atom. The van der Waals surface area contributed by atoms with Crippen molar-refractivity contribution in [2.45, 2.75) is 47.0 Å². The van der Waals surface area contributed by atoms with Crippen LogP contribution in [0.25, 0.3) is 0 Å². The minimum atomic E-state index is -0.366. The summed E-state index contributed by atoms with van der Waals surface area (Å²) in [5, 5.41) is 3.03. The van der Waals surface area contributed by atoms with Crippen molar-refractivity contribution in [3.63, 3.8) is 0 Å². The van der Waals surface area contributed by atoms with E-state index in [2.05, 4.69) is 24.1 Å². The van der Waals surface area contributed by atoms with Crippen molar-refractivity contribution in [1.29, 1.82) is 0 Å². The lowest BCUT2D eigenvalue weighted by Gasteiger charge is -2.28. The summed E-state index contributed by atoms with van der Waals surface area (Å²) in [6, 6.07) is 0. The molecule has 0 aliphatic heterocycles. The molecule has 0 spiro atoms. The predicted octanol–water partition coefficient (Wildman–Crippen LogP) is 1.60. The number of carbonyl (C=O) groups excluding carboxylic acids is 1. The van der Waals surface area contributed by atoms with Crippen molar-refractivity contribution in [3.8, 4) is 0 Å². The van der Waals surface area contributed by atoms with Crippen LogP contribution >= 0.6 is 0 Å². The molecule has 108 valence electrons. The third-order valence-electron chi connectivity index (χ3n) is 4.06. The van der Waals surface area contributed by atoms with E-state index < -0.39 is 0 Å². The van der Waals surface area contributed by atoms with Crippen LogP contribution in [0.4, 0.5) is 0 Å². The van der Waals surface area contributed by atoms with E-state index in [9.17, 15) is 4.79 Å². The second kappa shape index (κ2) is 9.34. The number of nitrogens with one attached hydrogen (secondary N) is 1. The summed E-state index contributed by atoms with van der Waals surface area (Å²) >= 11 is 0. The van der Waals surface area contributed by atoms with E-state index in [-0.39, 0.29) is 11.3 Å². The molecule has 0 saturated carbocycles. The Labute approximate surface area is 112 Å². The highest BCUT2D eigenvalue weighted by Gasteiger charge is 2.32. The smallest absolute Gasteiger partial charge is 0.227 e. The molecule has 0 unspecified atom stereocenters. The number of amides is 1. The van der Waals surface area contributed by atoms with Crippen molar-refractivity contribution in [3.05, 3.63) is 0 Å². The summed E-state index contributed by atoms with van der Waals surface area (Å²) in [4.78, 5) is 14.5. The van der Waals surface area contributed by atoms with Gasteiger partial charge in [-0.25, -0.2) is 0 Å². The summed E-state index contributed by atoms with van der Waals surface area (Å²) in [5.41, 5.74) is 5.39.